The highest BCUT2D eigenvalue weighted by molar-refractivity contribution is 5.71. The number of amides is 1. The second-order valence-electron chi connectivity index (χ2n) is 6.90. The van der Waals surface area contributed by atoms with E-state index in [1.807, 2.05) is 12.1 Å². The van der Waals surface area contributed by atoms with E-state index in [1.165, 1.54) is 22.8 Å². The van der Waals surface area contributed by atoms with E-state index in [2.05, 4.69) is 15.0 Å². The Morgan fingerprint density at radius 2 is 2.20 bits per heavy atom. The quantitative estimate of drug-likeness (QED) is 0.592. The fraction of sp³-hybridized carbons (Fsp3) is 0.350. The first kappa shape index (κ1) is 19.9. The normalized spacial score (nSPS) is 16.2. The maximum Gasteiger partial charge on any atom is 0.410 e. The fourth-order valence-electron chi connectivity index (χ4n) is 3.67. The molecular formula is C20H22FN5O4. The van der Waals surface area contributed by atoms with Gasteiger partial charge in [-0.25, -0.2) is 18.7 Å². The first-order valence-corrected chi connectivity index (χ1v) is 9.55. The molecule has 1 aliphatic heterocycles. The van der Waals surface area contributed by atoms with Crippen molar-refractivity contribution >= 4 is 17.6 Å². The maximum absolute atomic E-state index is 14.2. The summed E-state index contributed by atoms with van der Waals surface area (Å²) in [6.45, 7) is 1.52. The van der Waals surface area contributed by atoms with Gasteiger partial charge in [0, 0.05) is 25.9 Å². The Balaban J connectivity index is 1.63. The molecule has 0 bridgehead atoms. The summed E-state index contributed by atoms with van der Waals surface area (Å²) in [6.07, 6.45) is 3.95. The highest BCUT2D eigenvalue weighted by Crippen LogP contribution is 2.37. The molecule has 2 N–H and O–H groups in total. The molecule has 0 radical (unpaired) electrons. The predicted molar refractivity (Wildman–Crippen MR) is 106 cm³/mol. The molecule has 3 aromatic rings. The third kappa shape index (κ3) is 4.13. The predicted octanol–water partition coefficient (Wildman–Crippen LogP) is 2.69. The van der Waals surface area contributed by atoms with E-state index in [-0.39, 0.29) is 17.6 Å². The number of fused-ring (bicyclic) bond motifs is 1. The van der Waals surface area contributed by atoms with E-state index in [1.54, 1.807) is 13.3 Å². The number of hydrogen-bond donors (Lipinski definition) is 1. The molecule has 1 atom stereocenters. The SMILES string of the molecule is COCCOc1cc(F)cc([C@H]2CCCN2c2ccn3ncc(OC(N)=O)c3n2)c1. The highest BCUT2D eigenvalue weighted by Gasteiger charge is 2.28. The van der Waals surface area contributed by atoms with Gasteiger partial charge in [0.1, 0.15) is 24.0 Å². The molecule has 1 aromatic carbocycles. The molecule has 9 nitrogen and oxygen atoms in total. The minimum atomic E-state index is -0.933. The number of anilines is 1. The van der Waals surface area contributed by atoms with Crippen LogP contribution in [0.3, 0.4) is 0 Å². The fourth-order valence-corrected chi connectivity index (χ4v) is 3.67. The van der Waals surface area contributed by atoms with Crippen LogP contribution in [0.5, 0.6) is 11.5 Å². The number of primary amides is 1. The Hall–Kier alpha value is -3.40. The number of benzene rings is 1. The van der Waals surface area contributed by atoms with Gasteiger partial charge in [-0.05, 0) is 36.6 Å². The Morgan fingerprint density at radius 3 is 3.00 bits per heavy atom. The molecule has 0 aliphatic carbocycles. The second-order valence-corrected chi connectivity index (χ2v) is 6.90. The number of halogens is 1. The second kappa shape index (κ2) is 8.54. The average molecular weight is 415 g/mol. The number of carbonyl (C=O) groups excluding carboxylic acids is 1. The monoisotopic (exact) mass is 415 g/mol. The molecule has 2 aromatic heterocycles. The molecule has 1 fully saturated rings. The molecule has 3 heterocycles. The lowest BCUT2D eigenvalue weighted by Gasteiger charge is -2.26. The summed E-state index contributed by atoms with van der Waals surface area (Å²) >= 11 is 0. The van der Waals surface area contributed by atoms with Gasteiger partial charge < -0.3 is 24.8 Å². The van der Waals surface area contributed by atoms with Gasteiger partial charge in [0.05, 0.1) is 18.8 Å². The molecule has 1 saturated heterocycles. The Labute approximate surface area is 172 Å². The summed E-state index contributed by atoms with van der Waals surface area (Å²) in [7, 11) is 1.58. The zero-order valence-corrected chi connectivity index (χ0v) is 16.5. The van der Waals surface area contributed by atoms with Gasteiger partial charge in [0.25, 0.3) is 0 Å². The van der Waals surface area contributed by atoms with Crippen molar-refractivity contribution in [1.82, 2.24) is 14.6 Å². The molecule has 4 rings (SSSR count). The molecule has 1 aliphatic rings. The van der Waals surface area contributed by atoms with E-state index < -0.39 is 6.09 Å². The molecule has 0 unspecified atom stereocenters. The highest BCUT2D eigenvalue weighted by atomic mass is 19.1. The van der Waals surface area contributed by atoms with Crippen LogP contribution in [0.4, 0.5) is 15.0 Å². The molecule has 0 saturated carbocycles. The van der Waals surface area contributed by atoms with Crippen molar-refractivity contribution in [2.45, 2.75) is 18.9 Å². The summed E-state index contributed by atoms with van der Waals surface area (Å²) in [5.74, 6) is 0.957. The zero-order valence-electron chi connectivity index (χ0n) is 16.5. The lowest BCUT2D eigenvalue weighted by molar-refractivity contribution is 0.146. The van der Waals surface area contributed by atoms with Crippen molar-refractivity contribution in [2.75, 3.05) is 31.8 Å². The summed E-state index contributed by atoms with van der Waals surface area (Å²) < 4.78 is 31.3. The minimum Gasteiger partial charge on any atom is -0.491 e. The maximum atomic E-state index is 14.2. The van der Waals surface area contributed by atoms with Crippen molar-refractivity contribution in [1.29, 1.82) is 0 Å². The van der Waals surface area contributed by atoms with Crippen molar-refractivity contribution in [3.05, 3.63) is 48.0 Å². The van der Waals surface area contributed by atoms with Gasteiger partial charge in [-0.15, -0.1) is 0 Å². The molecule has 10 heteroatoms. The average Bonchev–Trinajstić information content (AvgIpc) is 3.35. The van der Waals surface area contributed by atoms with Crippen LogP contribution in [0.25, 0.3) is 5.65 Å². The van der Waals surface area contributed by atoms with Crippen molar-refractivity contribution < 1.29 is 23.4 Å². The van der Waals surface area contributed by atoms with Gasteiger partial charge >= 0.3 is 6.09 Å². The standard InChI is InChI=1S/C20H22FN5O4/c1-28-7-8-29-15-10-13(9-14(21)11-15)16-3-2-5-25(16)18-4-6-26-19(24-18)17(12-23-26)30-20(22)27/h4,6,9-12,16H,2-3,5,7-8H2,1H3,(H2,22,27)/t16-/m1/s1. The number of nitrogens with zero attached hydrogens (tertiary/aromatic N) is 4. The Kier molecular flexibility index (Phi) is 5.66. The third-order valence-corrected chi connectivity index (χ3v) is 4.91. The third-order valence-electron chi connectivity index (χ3n) is 4.91. The molecule has 0 spiro atoms. The van der Waals surface area contributed by atoms with Crippen molar-refractivity contribution in [2.24, 2.45) is 5.73 Å². The van der Waals surface area contributed by atoms with Crippen LogP contribution in [-0.4, -0.2) is 47.6 Å². The van der Waals surface area contributed by atoms with Gasteiger partial charge in [-0.1, -0.05) is 0 Å². The number of nitrogens with two attached hydrogens (primary N) is 1. The van der Waals surface area contributed by atoms with Crippen LogP contribution in [0.2, 0.25) is 0 Å². The van der Waals surface area contributed by atoms with Gasteiger partial charge in [0.2, 0.25) is 5.65 Å². The van der Waals surface area contributed by atoms with Crippen molar-refractivity contribution in [3.8, 4) is 11.5 Å². The molecule has 158 valence electrons. The van der Waals surface area contributed by atoms with Crippen LogP contribution in [0.1, 0.15) is 24.4 Å². The number of ether oxygens (including phenoxy) is 3. The number of aromatic nitrogens is 3. The summed E-state index contributed by atoms with van der Waals surface area (Å²) in [5, 5.41) is 4.10. The van der Waals surface area contributed by atoms with E-state index in [4.69, 9.17) is 19.9 Å². The smallest absolute Gasteiger partial charge is 0.410 e. The minimum absolute atomic E-state index is 0.0659. The lowest BCUT2D eigenvalue weighted by atomic mass is 10.0. The van der Waals surface area contributed by atoms with Crippen molar-refractivity contribution in [3.63, 3.8) is 0 Å². The molecule has 1 amide bonds. The van der Waals surface area contributed by atoms with Gasteiger partial charge in [0.15, 0.2) is 5.75 Å². The molecule has 30 heavy (non-hydrogen) atoms. The van der Waals surface area contributed by atoms with Crippen LogP contribution in [-0.2, 0) is 4.74 Å². The first-order valence-electron chi connectivity index (χ1n) is 9.55. The van der Waals surface area contributed by atoms with Gasteiger partial charge in [-0.3, -0.25) is 0 Å². The van der Waals surface area contributed by atoms with E-state index in [0.29, 0.717) is 30.4 Å². The summed E-state index contributed by atoms with van der Waals surface area (Å²) in [4.78, 5) is 17.8. The molecular weight excluding hydrogens is 393 g/mol. The van der Waals surface area contributed by atoms with Gasteiger partial charge in [-0.2, -0.15) is 5.10 Å². The largest absolute Gasteiger partial charge is 0.491 e. The summed E-state index contributed by atoms with van der Waals surface area (Å²) in [6, 6.07) is 6.49. The number of methoxy groups -OCH3 is 1. The van der Waals surface area contributed by atoms with E-state index >= 15 is 0 Å². The van der Waals surface area contributed by atoms with Crippen LogP contribution >= 0.6 is 0 Å². The first-order chi connectivity index (χ1) is 14.5. The Bertz CT molecular complexity index is 1060. The number of hydrogen-bond acceptors (Lipinski definition) is 7. The van der Waals surface area contributed by atoms with E-state index in [9.17, 15) is 9.18 Å². The van der Waals surface area contributed by atoms with Crippen LogP contribution in [0.15, 0.2) is 36.7 Å². The topological polar surface area (TPSA) is 104 Å². The Morgan fingerprint density at radius 1 is 1.33 bits per heavy atom. The summed E-state index contributed by atoms with van der Waals surface area (Å²) in [5.41, 5.74) is 6.30. The van der Waals surface area contributed by atoms with Crippen LogP contribution < -0.4 is 20.1 Å². The lowest BCUT2D eigenvalue weighted by Crippen LogP contribution is -2.24. The van der Waals surface area contributed by atoms with Crippen LogP contribution in [0, 0.1) is 5.82 Å². The number of carbonyl (C=O) groups is 1. The van der Waals surface area contributed by atoms with E-state index in [0.717, 1.165) is 24.9 Å². The zero-order chi connectivity index (χ0) is 21.1. The number of rotatable bonds is 7.